The summed E-state index contributed by atoms with van der Waals surface area (Å²) in [6.07, 6.45) is 1.62. The molecule has 0 spiro atoms. The Morgan fingerprint density at radius 2 is 1.88 bits per heavy atom. The molecule has 7 heteroatoms. The molecule has 0 amide bonds. The molecule has 0 saturated heterocycles. The first kappa shape index (κ1) is 21.0. The van der Waals surface area contributed by atoms with E-state index in [2.05, 4.69) is 4.90 Å². The predicted molar refractivity (Wildman–Crippen MR) is 122 cm³/mol. The highest BCUT2D eigenvalue weighted by Crippen LogP contribution is 2.43. The van der Waals surface area contributed by atoms with Gasteiger partial charge in [0.1, 0.15) is 24.0 Å². The van der Waals surface area contributed by atoms with Crippen LogP contribution in [0.2, 0.25) is 10.0 Å². The van der Waals surface area contributed by atoms with Crippen molar-refractivity contribution in [3.63, 3.8) is 0 Å². The molecule has 4 nitrogen and oxygen atoms in total. The van der Waals surface area contributed by atoms with Crippen molar-refractivity contribution in [2.24, 2.45) is 0 Å². The Hall–Kier alpha value is -2.86. The van der Waals surface area contributed by atoms with Crippen molar-refractivity contribution in [3.8, 4) is 11.5 Å². The smallest absolute Gasteiger partial charge is 0.231 e. The number of hydrogen-bond acceptors (Lipinski definition) is 4. The van der Waals surface area contributed by atoms with Crippen LogP contribution in [0.4, 0.5) is 4.39 Å². The molecule has 0 N–H and O–H groups in total. The van der Waals surface area contributed by atoms with Crippen molar-refractivity contribution in [1.29, 1.82) is 0 Å². The largest absolute Gasteiger partial charge is 0.477 e. The number of carbonyl (C=O) groups excluding carboxylic acids is 1. The fourth-order valence-electron chi connectivity index (χ4n) is 4.00. The molecule has 5 rings (SSSR count). The van der Waals surface area contributed by atoms with Crippen molar-refractivity contribution in [2.75, 3.05) is 6.73 Å². The van der Waals surface area contributed by atoms with Gasteiger partial charge in [0.2, 0.25) is 5.78 Å². The van der Waals surface area contributed by atoms with E-state index in [0.29, 0.717) is 46.7 Å². The number of ketones is 1. The molecule has 3 aromatic rings. The van der Waals surface area contributed by atoms with Crippen LogP contribution in [0.3, 0.4) is 0 Å². The molecule has 0 bridgehead atoms. The Balaban J connectivity index is 1.41. The van der Waals surface area contributed by atoms with Crippen molar-refractivity contribution < 1.29 is 18.7 Å². The Labute approximate surface area is 194 Å². The van der Waals surface area contributed by atoms with Gasteiger partial charge >= 0.3 is 0 Å². The Kier molecular flexibility index (Phi) is 5.41. The first-order chi connectivity index (χ1) is 15.4. The summed E-state index contributed by atoms with van der Waals surface area (Å²) in [5.41, 5.74) is 3.84. The van der Waals surface area contributed by atoms with Crippen molar-refractivity contribution >= 4 is 35.1 Å². The lowest BCUT2D eigenvalue weighted by Crippen LogP contribution is -2.32. The Bertz CT molecular complexity index is 1270. The second kappa shape index (κ2) is 8.24. The maximum absolute atomic E-state index is 13.2. The molecule has 0 fully saturated rings. The number of benzene rings is 3. The minimum Gasteiger partial charge on any atom is -0.477 e. The summed E-state index contributed by atoms with van der Waals surface area (Å²) in [5.74, 6) is 0.920. The molecule has 0 unspecified atom stereocenters. The number of carbonyl (C=O) groups is 1. The van der Waals surface area contributed by atoms with Gasteiger partial charge in [-0.3, -0.25) is 9.69 Å². The molecule has 2 heterocycles. The number of nitrogens with zero attached hydrogens (tertiary/aromatic N) is 1. The normalized spacial score (nSPS) is 16.5. The number of ether oxygens (including phenoxy) is 2. The first-order valence-corrected chi connectivity index (χ1v) is 10.8. The molecule has 3 aromatic carbocycles. The van der Waals surface area contributed by atoms with Crippen LogP contribution in [-0.4, -0.2) is 17.4 Å². The second-order valence-electron chi connectivity index (χ2n) is 7.85. The molecular formula is C25H18Cl2FNO3. The van der Waals surface area contributed by atoms with E-state index in [1.807, 2.05) is 25.1 Å². The highest BCUT2D eigenvalue weighted by atomic mass is 35.5. The van der Waals surface area contributed by atoms with Crippen LogP contribution in [0.15, 0.2) is 54.3 Å². The topological polar surface area (TPSA) is 38.8 Å². The summed E-state index contributed by atoms with van der Waals surface area (Å²) < 4.78 is 25.1. The Morgan fingerprint density at radius 3 is 2.62 bits per heavy atom. The average molecular weight is 470 g/mol. The van der Waals surface area contributed by atoms with E-state index in [1.54, 1.807) is 24.3 Å². The van der Waals surface area contributed by atoms with E-state index in [9.17, 15) is 9.18 Å². The van der Waals surface area contributed by atoms with Gasteiger partial charge in [-0.2, -0.15) is 0 Å². The van der Waals surface area contributed by atoms with E-state index in [0.717, 1.165) is 22.4 Å². The quantitative estimate of drug-likeness (QED) is 0.415. The number of Topliss-reactive ketones (excluding diaryl/α,β-unsaturated/α-hetero) is 1. The number of fused-ring (bicyclic) bond motifs is 2. The van der Waals surface area contributed by atoms with Crippen molar-refractivity contribution in [2.45, 2.75) is 20.0 Å². The van der Waals surface area contributed by atoms with Gasteiger partial charge in [0.05, 0.1) is 5.56 Å². The molecule has 162 valence electrons. The number of hydrogen-bond donors (Lipinski definition) is 0. The highest BCUT2D eigenvalue weighted by Gasteiger charge is 2.33. The van der Waals surface area contributed by atoms with E-state index in [1.165, 1.54) is 12.1 Å². The van der Waals surface area contributed by atoms with Crippen molar-refractivity contribution in [1.82, 2.24) is 4.90 Å². The van der Waals surface area contributed by atoms with Gasteiger partial charge in [-0.15, -0.1) is 0 Å². The maximum Gasteiger partial charge on any atom is 0.231 e. The van der Waals surface area contributed by atoms with Crippen molar-refractivity contribution in [3.05, 3.63) is 98.0 Å². The average Bonchev–Trinajstić information content (AvgIpc) is 3.07. The van der Waals surface area contributed by atoms with Gasteiger partial charge in [-0.25, -0.2) is 4.39 Å². The van der Waals surface area contributed by atoms with E-state index in [4.69, 9.17) is 32.7 Å². The minimum atomic E-state index is -0.334. The number of allylic oxidation sites excluding steroid dienone is 1. The van der Waals surface area contributed by atoms with Gasteiger partial charge in [0, 0.05) is 34.3 Å². The van der Waals surface area contributed by atoms with Gasteiger partial charge in [-0.05, 0) is 54.5 Å². The van der Waals surface area contributed by atoms with Crippen LogP contribution < -0.4 is 9.47 Å². The third-order valence-corrected chi connectivity index (χ3v) is 6.17. The zero-order chi connectivity index (χ0) is 22.4. The van der Waals surface area contributed by atoms with Crippen LogP contribution in [-0.2, 0) is 13.1 Å². The third kappa shape index (κ3) is 3.88. The number of halogens is 3. The summed E-state index contributed by atoms with van der Waals surface area (Å²) in [7, 11) is 0. The van der Waals surface area contributed by atoms with E-state index < -0.39 is 0 Å². The zero-order valence-electron chi connectivity index (χ0n) is 17.1. The molecule has 0 saturated carbocycles. The fourth-order valence-corrected chi connectivity index (χ4v) is 4.47. The summed E-state index contributed by atoms with van der Waals surface area (Å²) in [6, 6.07) is 13.2. The van der Waals surface area contributed by atoms with Crippen LogP contribution in [0, 0.1) is 12.7 Å². The van der Waals surface area contributed by atoms with Gasteiger partial charge in [-0.1, -0.05) is 41.4 Å². The van der Waals surface area contributed by atoms with Gasteiger partial charge in [0.15, 0.2) is 5.76 Å². The molecule has 0 radical (unpaired) electrons. The molecule has 32 heavy (non-hydrogen) atoms. The third-order valence-electron chi connectivity index (χ3n) is 5.58. The lowest BCUT2D eigenvalue weighted by atomic mass is 10.00. The fraction of sp³-hybridized carbons (Fsp3) is 0.160. The van der Waals surface area contributed by atoms with Gasteiger partial charge in [0.25, 0.3) is 0 Å². The summed E-state index contributed by atoms with van der Waals surface area (Å²) in [4.78, 5) is 15.1. The standard InChI is InChI=1S/C25H18Cl2FNO3/c1-14-24-17(12-29(13-31-24)11-16-4-5-18(26)10-21(16)27)9-20-23(30)22(32-25(14)20)8-15-2-6-19(28)7-3-15/h2-10H,11-13H2,1H3/b22-8-. The molecular weight excluding hydrogens is 452 g/mol. The zero-order valence-corrected chi connectivity index (χ0v) is 18.6. The molecule has 0 aromatic heterocycles. The Morgan fingerprint density at radius 1 is 1.09 bits per heavy atom. The first-order valence-electron chi connectivity index (χ1n) is 10.0. The maximum atomic E-state index is 13.2. The molecule has 2 aliphatic rings. The molecule has 2 aliphatic heterocycles. The van der Waals surface area contributed by atoms with Crippen LogP contribution in [0.1, 0.15) is 32.6 Å². The minimum absolute atomic E-state index is 0.201. The van der Waals surface area contributed by atoms with Crippen LogP contribution in [0.25, 0.3) is 6.08 Å². The monoisotopic (exact) mass is 469 g/mol. The summed E-state index contributed by atoms with van der Waals surface area (Å²) >= 11 is 12.3. The number of rotatable bonds is 3. The van der Waals surface area contributed by atoms with E-state index >= 15 is 0 Å². The predicted octanol–water partition coefficient (Wildman–Crippen LogP) is 6.41. The van der Waals surface area contributed by atoms with Crippen LogP contribution >= 0.6 is 23.2 Å². The lowest BCUT2D eigenvalue weighted by molar-refractivity contribution is 0.0877. The second-order valence-corrected chi connectivity index (χ2v) is 8.70. The summed E-state index contributed by atoms with van der Waals surface area (Å²) in [6.45, 7) is 3.47. The summed E-state index contributed by atoms with van der Waals surface area (Å²) in [5, 5.41) is 1.20. The lowest BCUT2D eigenvalue weighted by Gasteiger charge is -2.30. The van der Waals surface area contributed by atoms with E-state index in [-0.39, 0.29) is 17.4 Å². The van der Waals surface area contributed by atoms with Crippen LogP contribution in [0.5, 0.6) is 11.5 Å². The van der Waals surface area contributed by atoms with Gasteiger partial charge < -0.3 is 9.47 Å². The molecule has 0 aliphatic carbocycles. The molecule has 0 atom stereocenters. The highest BCUT2D eigenvalue weighted by molar-refractivity contribution is 6.35. The SMILES string of the molecule is Cc1c2c(cc3c1O/C(=C\c1ccc(F)cc1)C3=O)CN(Cc1ccc(Cl)cc1Cl)CO2.